The zero-order valence-corrected chi connectivity index (χ0v) is 19.8. The molecule has 0 bridgehead atoms. The molecule has 3 aromatic rings. The number of hydrogen-bond donors (Lipinski definition) is 0. The van der Waals surface area contributed by atoms with Gasteiger partial charge in [0.05, 0.1) is 12.3 Å². The smallest absolute Gasteiger partial charge is 0.233 e. The molecule has 0 radical (unpaired) electrons. The highest BCUT2D eigenvalue weighted by Gasteiger charge is 2.21. The molecule has 1 aliphatic rings. The minimum Gasteiger partial charge on any atom is -0.338 e. The van der Waals surface area contributed by atoms with Crippen LogP contribution in [0.5, 0.6) is 0 Å². The minimum atomic E-state index is -0.284. The summed E-state index contributed by atoms with van der Waals surface area (Å²) >= 11 is 1.38. The van der Waals surface area contributed by atoms with Gasteiger partial charge in [0.1, 0.15) is 5.82 Å². The maximum absolute atomic E-state index is 13.6. The third-order valence-corrected chi connectivity index (χ3v) is 6.79. The van der Waals surface area contributed by atoms with Crippen molar-refractivity contribution in [3.05, 3.63) is 71.8 Å². The van der Waals surface area contributed by atoms with Crippen molar-refractivity contribution in [2.45, 2.75) is 44.4 Å². The summed E-state index contributed by atoms with van der Waals surface area (Å²) in [5.41, 5.74) is 1.91. The highest BCUT2D eigenvalue weighted by Crippen LogP contribution is 2.24. The third-order valence-electron chi connectivity index (χ3n) is 5.87. The molecule has 4 rings (SSSR count). The molecule has 2 aromatic carbocycles. The third kappa shape index (κ3) is 6.21. The molecule has 0 spiro atoms. The minimum absolute atomic E-state index is 0.0533. The van der Waals surface area contributed by atoms with E-state index in [2.05, 4.69) is 15.1 Å². The largest absolute Gasteiger partial charge is 0.338 e. The Hall–Kier alpha value is -2.71. The normalized spacial score (nSPS) is 14.4. The van der Waals surface area contributed by atoms with Gasteiger partial charge in [-0.2, -0.15) is 0 Å². The molecule has 0 atom stereocenters. The molecule has 0 aliphatic carbocycles. The lowest BCUT2D eigenvalue weighted by Crippen LogP contribution is -2.31. The van der Waals surface area contributed by atoms with Crippen molar-refractivity contribution in [1.29, 1.82) is 0 Å². The van der Waals surface area contributed by atoms with Crippen molar-refractivity contribution in [2.24, 2.45) is 0 Å². The molecule has 0 N–H and O–H groups in total. The molecule has 0 unspecified atom stereocenters. The Kier molecular flexibility index (Phi) is 8.12. The summed E-state index contributed by atoms with van der Waals surface area (Å²) in [6, 6.07) is 16.4. The maximum atomic E-state index is 13.6. The average molecular weight is 468 g/mol. The number of rotatable bonds is 9. The Bertz CT molecular complexity index is 1030. The monoisotopic (exact) mass is 467 g/mol. The standard InChI is InChI=1S/C25H30FN5OS/c1-2-30(17-20-9-5-3-6-10-20)24(32)19-33-25-28-27-23(18-29-15-7-4-8-16-29)31(25)22-13-11-21(26)12-14-22/h3,5-6,9-14H,2,4,7-8,15-19H2,1H3. The maximum Gasteiger partial charge on any atom is 0.233 e. The lowest BCUT2D eigenvalue weighted by molar-refractivity contribution is -0.128. The summed E-state index contributed by atoms with van der Waals surface area (Å²) in [6.45, 7) is 5.99. The van der Waals surface area contributed by atoms with Crippen LogP contribution in [0.4, 0.5) is 4.39 Å². The van der Waals surface area contributed by atoms with Gasteiger partial charge in [-0.15, -0.1) is 10.2 Å². The Morgan fingerprint density at radius 2 is 1.76 bits per heavy atom. The second-order valence-electron chi connectivity index (χ2n) is 8.23. The van der Waals surface area contributed by atoms with E-state index in [1.54, 1.807) is 12.1 Å². The van der Waals surface area contributed by atoms with E-state index in [0.29, 0.717) is 24.8 Å². The molecule has 8 heteroatoms. The Morgan fingerprint density at radius 3 is 2.45 bits per heavy atom. The number of halogens is 1. The van der Waals surface area contributed by atoms with E-state index in [1.807, 2.05) is 46.7 Å². The number of benzene rings is 2. The molecule has 174 valence electrons. The predicted molar refractivity (Wildman–Crippen MR) is 129 cm³/mol. The lowest BCUT2D eigenvalue weighted by Gasteiger charge is -2.26. The number of thioether (sulfide) groups is 1. The van der Waals surface area contributed by atoms with Crippen molar-refractivity contribution in [1.82, 2.24) is 24.6 Å². The second kappa shape index (κ2) is 11.4. The van der Waals surface area contributed by atoms with Crippen LogP contribution in [0.2, 0.25) is 0 Å². The van der Waals surface area contributed by atoms with Crippen LogP contribution in [0.25, 0.3) is 5.69 Å². The van der Waals surface area contributed by atoms with Gasteiger partial charge in [-0.3, -0.25) is 14.3 Å². The van der Waals surface area contributed by atoms with Gasteiger partial charge in [-0.1, -0.05) is 48.5 Å². The summed E-state index contributed by atoms with van der Waals surface area (Å²) in [7, 11) is 0. The number of carbonyl (C=O) groups is 1. The predicted octanol–water partition coefficient (Wildman–Crippen LogP) is 4.53. The van der Waals surface area contributed by atoms with Gasteiger partial charge in [0.25, 0.3) is 0 Å². The Balaban J connectivity index is 1.50. The topological polar surface area (TPSA) is 54.3 Å². The van der Waals surface area contributed by atoms with Crippen molar-refractivity contribution in [3.8, 4) is 5.69 Å². The molecular weight excluding hydrogens is 437 g/mol. The summed E-state index contributed by atoms with van der Waals surface area (Å²) < 4.78 is 15.5. The van der Waals surface area contributed by atoms with E-state index in [0.717, 1.165) is 30.2 Å². The van der Waals surface area contributed by atoms with Crippen molar-refractivity contribution in [3.63, 3.8) is 0 Å². The fraction of sp³-hybridized carbons (Fsp3) is 0.400. The second-order valence-corrected chi connectivity index (χ2v) is 9.17. The summed E-state index contributed by atoms with van der Waals surface area (Å²) in [4.78, 5) is 17.2. The highest BCUT2D eigenvalue weighted by molar-refractivity contribution is 7.99. The van der Waals surface area contributed by atoms with Gasteiger partial charge in [-0.05, 0) is 62.7 Å². The van der Waals surface area contributed by atoms with Crippen LogP contribution >= 0.6 is 11.8 Å². The average Bonchev–Trinajstić information content (AvgIpc) is 3.25. The van der Waals surface area contributed by atoms with Gasteiger partial charge < -0.3 is 4.90 Å². The number of likely N-dealkylation sites (tertiary alicyclic amines) is 1. The molecule has 1 fully saturated rings. The molecule has 6 nitrogen and oxygen atoms in total. The first-order valence-corrected chi connectivity index (χ1v) is 12.5. The first kappa shape index (κ1) is 23.4. The van der Waals surface area contributed by atoms with Crippen molar-refractivity contribution < 1.29 is 9.18 Å². The van der Waals surface area contributed by atoms with Crippen molar-refractivity contribution in [2.75, 3.05) is 25.4 Å². The Labute approximate surface area is 198 Å². The molecule has 1 aliphatic heterocycles. The Morgan fingerprint density at radius 1 is 1.03 bits per heavy atom. The zero-order valence-electron chi connectivity index (χ0n) is 19.0. The van der Waals surface area contributed by atoms with E-state index in [1.165, 1.54) is 43.2 Å². The van der Waals surface area contributed by atoms with Crippen LogP contribution in [0.3, 0.4) is 0 Å². The molecule has 33 heavy (non-hydrogen) atoms. The number of piperidine rings is 1. The van der Waals surface area contributed by atoms with Crippen LogP contribution in [-0.4, -0.2) is 55.9 Å². The van der Waals surface area contributed by atoms with E-state index in [4.69, 9.17) is 0 Å². The van der Waals surface area contributed by atoms with Gasteiger partial charge >= 0.3 is 0 Å². The lowest BCUT2D eigenvalue weighted by atomic mass is 10.1. The van der Waals surface area contributed by atoms with Crippen LogP contribution in [0, 0.1) is 5.82 Å². The van der Waals surface area contributed by atoms with Crippen LogP contribution < -0.4 is 0 Å². The first-order chi connectivity index (χ1) is 16.1. The summed E-state index contributed by atoms with van der Waals surface area (Å²) in [6.07, 6.45) is 3.64. The highest BCUT2D eigenvalue weighted by atomic mass is 32.2. The van der Waals surface area contributed by atoms with E-state index >= 15 is 0 Å². The molecule has 0 saturated carbocycles. The summed E-state index contributed by atoms with van der Waals surface area (Å²) in [5, 5.41) is 9.51. The molecular formula is C25H30FN5OS. The number of carbonyl (C=O) groups excluding carboxylic acids is 1. The van der Waals surface area contributed by atoms with E-state index < -0.39 is 0 Å². The molecule has 2 heterocycles. The molecule has 1 amide bonds. The SMILES string of the molecule is CCN(Cc1ccccc1)C(=O)CSc1nnc(CN2CCCCC2)n1-c1ccc(F)cc1. The quantitative estimate of drug-likeness (QED) is 0.433. The number of aromatic nitrogens is 3. The number of nitrogens with zero attached hydrogens (tertiary/aromatic N) is 5. The molecule has 1 aromatic heterocycles. The van der Waals surface area contributed by atoms with Crippen LogP contribution in [-0.2, 0) is 17.9 Å². The van der Waals surface area contributed by atoms with Gasteiger partial charge in [0, 0.05) is 18.8 Å². The van der Waals surface area contributed by atoms with Gasteiger partial charge in [0.15, 0.2) is 11.0 Å². The molecule has 1 saturated heterocycles. The van der Waals surface area contributed by atoms with Gasteiger partial charge in [0.2, 0.25) is 5.91 Å². The first-order valence-electron chi connectivity index (χ1n) is 11.5. The fourth-order valence-electron chi connectivity index (χ4n) is 4.06. The number of amides is 1. The fourth-order valence-corrected chi connectivity index (χ4v) is 4.93. The number of hydrogen-bond acceptors (Lipinski definition) is 5. The van der Waals surface area contributed by atoms with E-state index in [9.17, 15) is 9.18 Å². The van der Waals surface area contributed by atoms with Crippen LogP contribution in [0.15, 0.2) is 59.8 Å². The van der Waals surface area contributed by atoms with Crippen molar-refractivity contribution >= 4 is 17.7 Å². The van der Waals surface area contributed by atoms with Gasteiger partial charge in [-0.25, -0.2) is 4.39 Å². The van der Waals surface area contributed by atoms with E-state index in [-0.39, 0.29) is 17.5 Å². The zero-order chi connectivity index (χ0) is 23.0. The summed E-state index contributed by atoms with van der Waals surface area (Å²) in [5.74, 6) is 0.852. The van der Waals surface area contributed by atoms with Crippen LogP contribution in [0.1, 0.15) is 37.6 Å².